The van der Waals surface area contributed by atoms with Crippen molar-refractivity contribution in [2.75, 3.05) is 16.7 Å². The van der Waals surface area contributed by atoms with Gasteiger partial charge >= 0.3 is 6.18 Å². The molecule has 2 aromatic carbocycles. The Morgan fingerprint density at radius 3 is 2.45 bits per heavy atom. The van der Waals surface area contributed by atoms with E-state index in [1.807, 2.05) is 0 Å². The van der Waals surface area contributed by atoms with E-state index in [0.29, 0.717) is 0 Å². The van der Waals surface area contributed by atoms with Crippen LogP contribution in [0.5, 0.6) is 5.75 Å². The summed E-state index contributed by atoms with van der Waals surface area (Å²) in [5.41, 5.74) is -1.26. The first-order valence-corrected chi connectivity index (χ1v) is 13.1. The molecule has 0 fully saturated rings. The van der Waals surface area contributed by atoms with E-state index >= 15 is 4.39 Å². The van der Waals surface area contributed by atoms with Gasteiger partial charge in [-0.3, -0.25) is 14.4 Å². The standard InChI is InChI=1S/C26H21F4N5O4S/c1-3-25(36)35(24-10-9-18(15-31-24)40(37,38)34-23-8-5-11-32-33-23)21-14-20(27)19(13-22(21)39-2)16-6-4-7-17(12-16)26(28,29)30/h4-15H,3H2,1-2H3,(H,33,34). The molecule has 0 spiro atoms. The van der Waals surface area contributed by atoms with Gasteiger partial charge in [0.25, 0.3) is 10.0 Å². The maximum atomic E-state index is 15.4. The number of nitrogens with zero attached hydrogens (tertiary/aromatic N) is 4. The maximum absolute atomic E-state index is 15.4. The second-order valence-corrected chi connectivity index (χ2v) is 9.91. The first-order chi connectivity index (χ1) is 18.9. The van der Waals surface area contributed by atoms with E-state index in [9.17, 15) is 26.4 Å². The molecule has 0 aliphatic heterocycles. The van der Waals surface area contributed by atoms with Crippen LogP contribution in [-0.2, 0) is 21.0 Å². The zero-order valence-electron chi connectivity index (χ0n) is 21.0. The van der Waals surface area contributed by atoms with Crippen molar-refractivity contribution in [1.82, 2.24) is 15.2 Å². The van der Waals surface area contributed by atoms with E-state index in [0.717, 1.165) is 35.4 Å². The molecule has 0 unspecified atom stereocenters. The molecule has 14 heteroatoms. The summed E-state index contributed by atoms with van der Waals surface area (Å²) >= 11 is 0. The molecule has 2 aromatic heterocycles. The summed E-state index contributed by atoms with van der Waals surface area (Å²) in [6.45, 7) is 1.55. The average molecular weight is 576 g/mol. The molecule has 9 nitrogen and oxygen atoms in total. The van der Waals surface area contributed by atoms with Gasteiger partial charge in [-0.15, -0.1) is 5.10 Å². The Balaban J connectivity index is 1.74. The Morgan fingerprint density at radius 2 is 1.85 bits per heavy atom. The predicted octanol–water partition coefficient (Wildman–Crippen LogP) is 5.58. The molecule has 0 aliphatic carbocycles. The number of anilines is 3. The van der Waals surface area contributed by atoms with Gasteiger partial charge in [0.1, 0.15) is 22.3 Å². The molecule has 0 atom stereocenters. The first-order valence-electron chi connectivity index (χ1n) is 11.6. The second kappa shape index (κ2) is 11.3. The van der Waals surface area contributed by atoms with Crippen LogP contribution in [0.1, 0.15) is 18.9 Å². The Hall–Kier alpha value is -4.59. The summed E-state index contributed by atoms with van der Waals surface area (Å²) in [4.78, 5) is 17.9. The number of aromatic nitrogens is 3. The zero-order chi connectivity index (χ0) is 29.1. The van der Waals surface area contributed by atoms with Gasteiger partial charge in [0.2, 0.25) is 5.91 Å². The molecule has 208 valence electrons. The lowest BCUT2D eigenvalue weighted by Gasteiger charge is -2.24. The topological polar surface area (TPSA) is 114 Å². The minimum Gasteiger partial charge on any atom is -0.495 e. The van der Waals surface area contributed by atoms with Crippen LogP contribution in [0.15, 0.2) is 78.0 Å². The van der Waals surface area contributed by atoms with Crippen molar-refractivity contribution < 1.29 is 35.5 Å². The fourth-order valence-electron chi connectivity index (χ4n) is 3.73. The highest BCUT2D eigenvalue weighted by atomic mass is 32.2. The lowest BCUT2D eigenvalue weighted by Crippen LogP contribution is -2.26. The zero-order valence-corrected chi connectivity index (χ0v) is 21.8. The fourth-order valence-corrected chi connectivity index (χ4v) is 4.67. The first kappa shape index (κ1) is 28.4. The monoisotopic (exact) mass is 575 g/mol. The minimum absolute atomic E-state index is 0.0181. The third-order valence-corrected chi connectivity index (χ3v) is 6.97. The van der Waals surface area contributed by atoms with Crippen LogP contribution in [0.4, 0.5) is 34.9 Å². The largest absolute Gasteiger partial charge is 0.495 e. The number of sulfonamides is 1. The summed E-state index contributed by atoms with van der Waals surface area (Å²) in [7, 11) is -2.85. The quantitative estimate of drug-likeness (QED) is 0.273. The molecule has 0 saturated heterocycles. The number of carbonyl (C=O) groups excluding carboxylic acids is 1. The number of hydrogen-bond acceptors (Lipinski definition) is 7. The van der Waals surface area contributed by atoms with E-state index < -0.39 is 33.5 Å². The van der Waals surface area contributed by atoms with Crippen molar-refractivity contribution >= 4 is 33.3 Å². The van der Waals surface area contributed by atoms with Crippen LogP contribution in [0.3, 0.4) is 0 Å². The van der Waals surface area contributed by atoms with Gasteiger partial charge in [0.15, 0.2) is 5.82 Å². The highest BCUT2D eigenvalue weighted by molar-refractivity contribution is 7.92. The number of hydrogen-bond donors (Lipinski definition) is 1. The summed E-state index contributed by atoms with van der Waals surface area (Å²) in [5, 5.41) is 7.26. The summed E-state index contributed by atoms with van der Waals surface area (Å²) < 4.78 is 88.0. The number of amides is 1. The number of methoxy groups -OCH3 is 1. The number of halogens is 4. The third-order valence-electron chi connectivity index (χ3n) is 5.63. The molecule has 0 aliphatic rings. The molecule has 0 bridgehead atoms. The molecule has 1 N–H and O–H groups in total. The van der Waals surface area contributed by atoms with Gasteiger partial charge in [-0.25, -0.2) is 17.8 Å². The third kappa shape index (κ3) is 6.01. The number of pyridine rings is 1. The Kier molecular flexibility index (Phi) is 8.00. The van der Waals surface area contributed by atoms with Crippen molar-refractivity contribution in [3.63, 3.8) is 0 Å². The Labute approximate surface area is 226 Å². The number of rotatable bonds is 8. The molecule has 1 amide bonds. The molecular weight excluding hydrogens is 554 g/mol. The number of carbonyl (C=O) groups is 1. The second-order valence-electron chi connectivity index (χ2n) is 8.23. The Bertz CT molecular complexity index is 1630. The van der Waals surface area contributed by atoms with Crippen molar-refractivity contribution in [3.8, 4) is 16.9 Å². The van der Waals surface area contributed by atoms with Crippen molar-refractivity contribution in [3.05, 3.63) is 84.4 Å². The molecule has 0 saturated carbocycles. The van der Waals surface area contributed by atoms with E-state index in [1.165, 1.54) is 49.7 Å². The van der Waals surface area contributed by atoms with Crippen LogP contribution in [0.2, 0.25) is 0 Å². The van der Waals surface area contributed by atoms with Gasteiger partial charge in [0, 0.05) is 30.4 Å². The molecule has 40 heavy (non-hydrogen) atoms. The van der Waals surface area contributed by atoms with Crippen molar-refractivity contribution in [1.29, 1.82) is 0 Å². The van der Waals surface area contributed by atoms with Gasteiger partial charge < -0.3 is 4.74 Å². The fraction of sp³-hybridized carbons (Fsp3) is 0.154. The summed E-state index contributed by atoms with van der Waals surface area (Å²) in [5.74, 6) is -1.55. The van der Waals surface area contributed by atoms with Gasteiger partial charge in [-0.05, 0) is 48.0 Å². The molecule has 2 heterocycles. The Morgan fingerprint density at radius 1 is 1.07 bits per heavy atom. The molecular formula is C26H21F4N5O4S. The van der Waals surface area contributed by atoms with E-state index in [4.69, 9.17) is 4.74 Å². The van der Waals surface area contributed by atoms with Crippen LogP contribution < -0.4 is 14.4 Å². The molecule has 4 aromatic rings. The van der Waals surface area contributed by atoms with Crippen LogP contribution in [-0.4, -0.2) is 36.6 Å². The lowest BCUT2D eigenvalue weighted by molar-refractivity contribution is -0.137. The van der Waals surface area contributed by atoms with Crippen molar-refractivity contribution in [2.45, 2.75) is 24.4 Å². The average Bonchev–Trinajstić information content (AvgIpc) is 2.93. The maximum Gasteiger partial charge on any atom is 0.416 e. The SMILES string of the molecule is CCC(=O)N(c1ccc(S(=O)(=O)Nc2cccnn2)cn1)c1cc(F)c(-c2cccc(C(F)(F)F)c2)cc1OC. The number of benzene rings is 2. The predicted molar refractivity (Wildman–Crippen MR) is 138 cm³/mol. The number of alkyl halides is 3. The van der Waals surface area contributed by atoms with Gasteiger partial charge in [-0.2, -0.15) is 18.3 Å². The lowest BCUT2D eigenvalue weighted by atomic mass is 10.0. The number of ether oxygens (including phenoxy) is 1. The van der Waals surface area contributed by atoms with Gasteiger partial charge in [0.05, 0.1) is 18.4 Å². The van der Waals surface area contributed by atoms with Crippen LogP contribution >= 0.6 is 0 Å². The highest BCUT2D eigenvalue weighted by Crippen LogP contribution is 2.40. The summed E-state index contributed by atoms with van der Waals surface area (Å²) in [6.07, 6.45) is -2.30. The number of nitrogens with one attached hydrogen (secondary N) is 1. The van der Waals surface area contributed by atoms with E-state index in [-0.39, 0.29) is 45.5 Å². The van der Waals surface area contributed by atoms with Crippen LogP contribution in [0, 0.1) is 5.82 Å². The smallest absolute Gasteiger partial charge is 0.416 e. The molecule has 0 radical (unpaired) electrons. The summed E-state index contributed by atoms with van der Waals surface area (Å²) in [6, 6.07) is 11.6. The highest BCUT2D eigenvalue weighted by Gasteiger charge is 2.31. The molecule has 4 rings (SSSR count). The van der Waals surface area contributed by atoms with Gasteiger partial charge in [-0.1, -0.05) is 19.1 Å². The van der Waals surface area contributed by atoms with E-state index in [2.05, 4.69) is 19.9 Å². The minimum atomic E-state index is -4.63. The normalized spacial score (nSPS) is 11.7. The van der Waals surface area contributed by atoms with E-state index in [1.54, 1.807) is 6.92 Å². The van der Waals surface area contributed by atoms with Crippen molar-refractivity contribution in [2.24, 2.45) is 0 Å². The van der Waals surface area contributed by atoms with Crippen LogP contribution in [0.25, 0.3) is 11.1 Å².